The molecule has 27 heavy (non-hydrogen) atoms. The van der Waals surface area contributed by atoms with Crippen molar-refractivity contribution in [1.29, 1.82) is 0 Å². The van der Waals surface area contributed by atoms with Gasteiger partial charge in [0.1, 0.15) is 11.9 Å². The fraction of sp³-hybridized carbons (Fsp3) is 0.364. The smallest absolute Gasteiger partial charge is 0.242 e. The summed E-state index contributed by atoms with van der Waals surface area (Å²) in [6.45, 7) is 5.91. The highest BCUT2D eigenvalue weighted by atomic mass is 19.1. The van der Waals surface area contributed by atoms with Crippen LogP contribution in [0.15, 0.2) is 54.6 Å². The minimum atomic E-state index is -0.654. The first kappa shape index (κ1) is 20.6. The van der Waals surface area contributed by atoms with Gasteiger partial charge in [0, 0.05) is 12.6 Å². The molecule has 0 saturated carbocycles. The Morgan fingerprint density at radius 2 is 1.67 bits per heavy atom. The topological polar surface area (TPSA) is 49.4 Å². The fourth-order valence-electron chi connectivity index (χ4n) is 2.73. The first-order valence-electron chi connectivity index (χ1n) is 9.29. The SMILES string of the molecule is CC[C@@H](C)NC(=O)[C@H](C)N(Cc1ccccc1)C(=O)Cc1ccccc1F. The Labute approximate surface area is 160 Å². The Balaban J connectivity index is 2.21. The first-order valence-corrected chi connectivity index (χ1v) is 9.29. The molecule has 0 radical (unpaired) electrons. The maximum atomic E-state index is 14.0. The van der Waals surface area contributed by atoms with Gasteiger partial charge in [0.05, 0.1) is 6.42 Å². The number of halogens is 1. The number of benzene rings is 2. The molecular weight excluding hydrogens is 343 g/mol. The van der Waals surface area contributed by atoms with Crippen molar-refractivity contribution >= 4 is 11.8 Å². The predicted octanol–water partition coefficient (Wildman–Crippen LogP) is 3.70. The van der Waals surface area contributed by atoms with Gasteiger partial charge in [0.15, 0.2) is 0 Å². The summed E-state index contributed by atoms with van der Waals surface area (Å²) in [5.74, 6) is -0.903. The standard InChI is InChI=1S/C22H27FN2O2/c1-4-16(2)24-22(27)17(3)25(15-18-10-6-5-7-11-18)21(26)14-19-12-8-9-13-20(19)23/h5-13,16-17H,4,14-15H2,1-3H3,(H,24,27)/t16-,17+/m1/s1. The van der Waals surface area contributed by atoms with E-state index in [0.29, 0.717) is 12.1 Å². The van der Waals surface area contributed by atoms with Crippen LogP contribution in [0.25, 0.3) is 0 Å². The van der Waals surface area contributed by atoms with Crippen molar-refractivity contribution in [2.24, 2.45) is 0 Å². The molecule has 0 aliphatic rings. The van der Waals surface area contributed by atoms with Gasteiger partial charge in [-0.1, -0.05) is 55.5 Å². The van der Waals surface area contributed by atoms with E-state index in [2.05, 4.69) is 5.32 Å². The number of amides is 2. The van der Waals surface area contributed by atoms with Gasteiger partial charge in [0.25, 0.3) is 0 Å². The van der Waals surface area contributed by atoms with E-state index >= 15 is 0 Å². The highest BCUT2D eigenvalue weighted by Crippen LogP contribution is 2.14. The van der Waals surface area contributed by atoms with Crippen molar-refractivity contribution in [2.45, 2.75) is 52.2 Å². The Morgan fingerprint density at radius 1 is 1.04 bits per heavy atom. The summed E-state index contributed by atoms with van der Waals surface area (Å²) in [6.07, 6.45) is 0.723. The minimum absolute atomic E-state index is 0.0280. The van der Waals surface area contributed by atoms with E-state index < -0.39 is 11.9 Å². The van der Waals surface area contributed by atoms with Crippen molar-refractivity contribution in [2.75, 3.05) is 0 Å². The van der Waals surface area contributed by atoms with Gasteiger partial charge >= 0.3 is 0 Å². The van der Waals surface area contributed by atoms with Gasteiger partial charge in [-0.3, -0.25) is 9.59 Å². The Bertz CT molecular complexity index is 764. The molecule has 2 aromatic carbocycles. The molecule has 1 N–H and O–H groups in total. The van der Waals surface area contributed by atoms with Crippen molar-refractivity contribution < 1.29 is 14.0 Å². The normalized spacial score (nSPS) is 12.9. The lowest BCUT2D eigenvalue weighted by Gasteiger charge is -2.30. The Morgan fingerprint density at radius 3 is 2.30 bits per heavy atom. The van der Waals surface area contributed by atoms with Crippen LogP contribution in [0, 0.1) is 5.82 Å². The Hall–Kier alpha value is -2.69. The maximum absolute atomic E-state index is 14.0. The van der Waals surface area contributed by atoms with Crippen LogP contribution in [0.5, 0.6) is 0 Å². The highest BCUT2D eigenvalue weighted by Gasteiger charge is 2.27. The molecule has 0 unspecified atom stereocenters. The van der Waals surface area contributed by atoms with E-state index in [1.807, 2.05) is 44.2 Å². The van der Waals surface area contributed by atoms with Gasteiger partial charge in [-0.05, 0) is 37.5 Å². The highest BCUT2D eigenvalue weighted by molar-refractivity contribution is 5.88. The molecule has 144 valence electrons. The number of hydrogen-bond donors (Lipinski definition) is 1. The van der Waals surface area contributed by atoms with Crippen molar-refractivity contribution in [3.05, 3.63) is 71.5 Å². The number of nitrogens with one attached hydrogen (secondary N) is 1. The summed E-state index contributed by atoms with van der Waals surface area (Å²) in [5, 5.41) is 2.92. The molecule has 4 nitrogen and oxygen atoms in total. The van der Waals surface area contributed by atoms with Crippen LogP contribution in [0.4, 0.5) is 4.39 Å². The second-order valence-electron chi connectivity index (χ2n) is 6.77. The predicted molar refractivity (Wildman–Crippen MR) is 104 cm³/mol. The molecule has 0 aliphatic heterocycles. The third-order valence-electron chi connectivity index (χ3n) is 4.66. The zero-order valence-corrected chi connectivity index (χ0v) is 16.1. The van der Waals surface area contributed by atoms with Crippen LogP contribution < -0.4 is 5.32 Å². The number of nitrogens with zero attached hydrogens (tertiary/aromatic N) is 1. The third kappa shape index (κ3) is 5.91. The van der Waals surface area contributed by atoms with Gasteiger partial charge in [0.2, 0.25) is 11.8 Å². The lowest BCUT2D eigenvalue weighted by Crippen LogP contribution is -2.49. The van der Waals surface area contributed by atoms with Gasteiger partial charge < -0.3 is 10.2 Å². The molecule has 0 spiro atoms. The second kappa shape index (κ2) is 9.86. The van der Waals surface area contributed by atoms with Crippen LogP contribution in [-0.4, -0.2) is 28.8 Å². The van der Waals surface area contributed by atoms with Crippen molar-refractivity contribution in [3.8, 4) is 0 Å². The Kier molecular flexibility index (Phi) is 7.53. The minimum Gasteiger partial charge on any atom is -0.352 e. The molecule has 0 fully saturated rings. The van der Waals surface area contributed by atoms with Gasteiger partial charge in [-0.2, -0.15) is 0 Å². The van der Waals surface area contributed by atoms with Crippen LogP contribution in [0.1, 0.15) is 38.3 Å². The molecular formula is C22H27FN2O2. The number of rotatable bonds is 8. The van der Waals surface area contributed by atoms with Crippen molar-refractivity contribution in [3.63, 3.8) is 0 Å². The van der Waals surface area contributed by atoms with E-state index in [4.69, 9.17) is 0 Å². The molecule has 0 heterocycles. The van der Waals surface area contributed by atoms with Crippen LogP contribution in [0.3, 0.4) is 0 Å². The van der Waals surface area contributed by atoms with Crippen LogP contribution >= 0.6 is 0 Å². The number of hydrogen-bond acceptors (Lipinski definition) is 2. The van der Waals surface area contributed by atoms with E-state index in [1.54, 1.807) is 25.1 Å². The van der Waals surface area contributed by atoms with E-state index in [1.165, 1.54) is 11.0 Å². The summed E-state index contributed by atoms with van der Waals surface area (Å²) in [4.78, 5) is 27.1. The molecule has 0 saturated heterocycles. The second-order valence-corrected chi connectivity index (χ2v) is 6.77. The zero-order chi connectivity index (χ0) is 19.8. The first-order chi connectivity index (χ1) is 12.9. The maximum Gasteiger partial charge on any atom is 0.242 e. The van der Waals surface area contributed by atoms with Gasteiger partial charge in [-0.25, -0.2) is 4.39 Å². The third-order valence-corrected chi connectivity index (χ3v) is 4.66. The molecule has 0 bridgehead atoms. The molecule has 2 rings (SSSR count). The fourth-order valence-corrected chi connectivity index (χ4v) is 2.73. The summed E-state index contributed by atoms with van der Waals surface area (Å²) in [6, 6.07) is 15.1. The van der Waals surface area contributed by atoms with E-state index in [0.717, 1.165) is 12.0 Å². The summed E-state index contributed by atoms with van der Waals surface area (Å²) in [7, 11) is 0. The molecule has 0 aliphatic carbocycles. The number of carbonyl (C=O) groups is 2. The summed E-state index contributed by atoms with van der Waals surface area (Å²) >= 11 is 0. The molecule has 0 aromatic heterocycles. The molecule has 5 heteroatoms. The average molecular weight is 370 g/mol. The molecule has 2 atom stereocenters. The average Bonchev–Trinajstić information content (AvgIpc) is 2.67. The summed E-state index contributed by atoms with van der Waals surface area (Å²) < 4.78 is 14.0. The van der Waals surface area contributed by atoms with E-state index in [9.17, 15) is 14.0 Å². The quantitative estimate of drug-likeness (QED) is 0.770. The molecule has 2 aromatic rings. The molecule has 2 amide bonds. The lowest BCUT2D eigenvalue weighted by atomic mass is 10.1. The monoisotopic (exact) mass is 370 g/mol. The van der Waals surface area contributed by atoms with Crippen LogP contribution in [-0.2, 0) is 22.6 Å². The van der Waals surface area contributed by atoms with E-state index in [-0.39, 0.29) is 24.3 Å². The lowest BCUT2D eigenvalue weighted by molar-refractivity contribution is -0.140. The largest absolute Gasteiger partial charge is 0.352 e. The van der Waals surface area contributed by atoms with Gasteiger partial charge in [-0.15, -0.1) is 0 Å². The van der Waals surface area contributed by atoms with Crippen LogP contribution in [0.2, 0.25) is 0 Å². The summed E-state index contributed by atoms with van der Waals surface area (Å²) in [5.41, 5.74) is 1.25. The van der Waals surface area contributed by atoms with Crippen molar-refractivity contribution in [1.82, 2.24) is 10.2 Å². The zero-order valence-electron chi connectivity index (χ0n) is 16.1. The number of carbonyl (C=O) groups excluding carboxylic acids is 2.